The number of amidine groups is 1. The predicted molar refractivity (Wildman–Crippen MR) is 114 cm³/mol. The first-order valence-electron chi connectivity index (χ1n) is 8.70. The van der Waals surface area contributed by atoms with Crippen molar-refractivity contribution in [3.63, 3.8) is 0 Å². The van der Waals surface area contributed by atoms with Crippen LogP contribution in [0.5, 0.6) is 0 Å². The Balaban J connectivity index is 1.85. The summed E-state index contributed by atoms with van der Waals surface area (Å²) in [7, 11) is 0. The van der Waals surface area contributed by atoms with E-state index < -0.39 is 17.1 Å². The molecule has 0 saturated heterocycles. The summed E-state index contributed by atoms with van der Waals surface area (Å²) >= 11 is 7.73. The van der Waals surface area contributed by atoms with Gasteiger partial charge in [-0.1, -0.05) is 47.6 Å². The zero-order valence-electron chi connectivity index (χ0n) is 15.0. The lowest BCUT2D eigenvalue weighted by atomic mass is 9.97. The fraction of sp³-hybridized carbons (Fsp3) is 0.158. The molecule has 2 aromatic carbocycles. The number of anilines is 1. The molecule has 2 aromatic rings. The minimum absolute atomic E-state index is 0.0895. The molecule has 0 saturated carbocycles. The van der Waals surface area contributed by atoms with Gasteiger partial charge in [0.15, 0.2) is 11.2 Å². The van der Waals surface area contributed by atoms with Gasteiger partial charge in [0.1, 0.15) is 6.17 Å². The van der Waals surface area contributed by atoms with Crippen molar-refractivity contribution in [1.29, 1.82) is 0 Å². The van der Waals surface area contributed by atoms with Crippen LogP contribution in [0.4, 0.5) is 11.4 Å². The van der Waals surface area contributed by atoms with Crippen LogP contribution in [0.2, 0.25) is 5.02 Å². The van der Waals surface area contributed by atoms with Crippen molar-refractivity contribution in [2.24, 2.45) is 5.10 Å². The minimum Gasteiger partial charge on any atom is -0.360 e. The van der Waals surface area contributed by atoms with Crippen molar-refractivity contribution in [3.05, 3.63) is 81.4 Å². The van der Waals surface area contributed by atoms with Crippen LogP contribution < -0.4 is 10.6 Å². The summed E-state index contributed by atoms with van der Waals surface area (Å²) in [5.41, 5.74) is 1.88. The normalized spacial score (nSPS) is 20.0. The Labute approximate surface area is 175 Å². The molecule has 2 aliphatic heterocycles. The quantitative estimate of drug-likeness (QED) is 0.432. The molecular formula is C19H16ClN5O3S. The van der Waals surface area contributed by atoms with Gasteiger partial charge in [-0.15, -0.1) is 11.7 Å². The Morgan fingerprint density at radius 2 is 2.10 bits per heavy atom. The summed E-state index contributed by atoms with van der Waals surface area (Å²) in [6.07, 6.45) is 1.05. The number of nitro benzene ring substituents is 1. The van der Waals surface area contributed by atoms with Crippen molar-refractivity contribution in [3.8, 4) is 0 Å². The Morgan fingerprint density at radius 1 is 1.31 bits per heavy atom. The van der Waals surface area contributed by atoms with Crippen LogP contribution in [0, 0.1) is 10.1 Å². The molecule has 4 rings (SSSR count). The number of halogens is 1. The van der Waals surface area contributed by atoms with E-state index in [1.165, 1.54) is 30.0 Å². The number of hydrogen-bond acceptors (Lipinski definition) is 7. The number of para-hydroxylation sites is 1. The maximum atomic E-state index is 13.0. The largest absolute Gasteiger partial charge is 0.360 e. The molecule has 10 heteroatoms. The third-order valence-corrected chi connectivity index (χ3v) is 5.79. The number of hydrogen-bond donors (Lipinski definition) is 2. The molecule has 29 heavy (non-hydrogen) atoms. The van der Waals surface area contributed by atoms with E-state index in [2.05, 4.69) is 22.3 Å². The van der Waals surface area contributed by atoms with E-state index >= 15 is 0 Å². The van der Waals surface area contributed by atoms with Gasteiger partial charge < -0.3 is 10.6 Å². The van der Waals surface area contributed by atoms with Gasteiger partial charge in [0, 0.05) is 39.7 Å². The molecule has 2 N–H and O–H groups in total. The van der Waals surface area contributed by atoms with Gasteiger partial charge in [0.05, 0.1) is 4.92 Å². The number of non-ortho nitro benzene ring substituents is 1. The summed E-state index contributed by atoms with van der Waals surface area (Å²) in [5, 5.41) is 24.4. The second kappa shape index (κ2) is 7.76. The highest BCUT2D eigenvalue weighted by molar-refractivity contribution is 8.14. The van der Waals surface area contributed by atoms with Crippen LogP contribution in [0.3, 0.4) is 0 Å². The summed E-state index contributed by atoms with van der Waals surface area (Å²) in [5.74, 6) is 0.344. The number of rotatable bonds is 4. The number of nitro groups is 1. The van der Waals surface area contributed by atoms with Crippen LogP contribution >= 0.6 is 23.4 Å². The van der Waals surface area contributed by atoms with Crippen LogP contribution in [-0.2, 0) is 4.79 Å². The number of carbonyl (C=O) groups excluding carboxylic acids is 1. The van der Waals surface area contributed by atoms with Crippen LogP contribution in [0.1, 0.15) is 23.3 Å². The highest BCUT2D eigenvalue weighted by Gasteiger charge is 2.42. The molecule has 2 atom stereocenters. The molecular weight excluding hydrogens is 414 g/mol. The molecule has 2 unspecified atom stereocenters. The monoisotopic (exact) mass is 429 g/mol. The standard InChI is InChI=1S/C19H16ClN5O3S/c1-2-9-29-19-22-18(26)16-12-5-3-4-6-15(12)21-17(24(16)23-19)13-10-11(25(27)28)7-8-14(13)20/h2-8,10,16-17,21H,1,9H2,(H,22,23,26). The number of carbonyl (C=O) groups is 1. The SMILES string of the molecule is C=CCSC1=NN2C(c3cc([N+](=O)[O-])ccc3Cl)Nc3ccccc3C2C(=O)N1. The molecule has 8 nitrogen and oxygen atoms in total. The second-order valence-electron chi connectivity index (χ2n) is 6.37. The van der Waals surface area contributed by atoms with Crippen molar-refractivity contribution < 1.29 is 9.72 Å². The van der Waals surface area contributed by atoms with E-state index in [4.69, 9.17) is 11.6 Å². The van der Waals surface area contributed by atoms with E-state index in [-0.39, 0.29) is 11.6 Å². The maximum Gasteiger partial charge on any atom is 0.269 e. The number of thioether (sulfide) groups is 1. The Bertz CT molecular complexity index is 1040. The lowest BCUT2D eigenvalue weighted by Gasteiger charge is -2.43. The van der Waals surface area contributed by atoms with E-state index in [1.807, 2.05) is 24.3 Å². The predicted octanol–water partition coefficient (Wildman–Crippen LogP) is 4.04. The highest BCUT2D eigenvalue weighted by Crippen LogP contribution is 2.44. The average Bonchev–Trinajstić information content (AvgIpc) is 2.71. The number of amides is 1. The van der Waals surface area contributed by atoms with Gasteiger partial charge >= 0.3 is 0 Å². The molecule has 0 aliphatic carbocycles. The number of fused-ring (bicyclic) bond motifs is 3. The average molecular weight is 430 g/mol. The Kier molecular flexibility index (Phi) is 5.16. The lowest BCUT2D eigenvalue weighted by Crippen LogP contribution is -2.51. The van der Waals surface area contributed by atoms with Crippen molar-refractivity contribution >= 4 is 45.8 Å². The number of nitrogens with zero attached hydrogens (tertiary/aromatic N) is 3. The van der Waals surface area contributed by atoms with Gasteiger partial charge in [0.2, 0.25) is 0 Å². The Hall–Kier alpha value is -3.04. The first-order chi connectivity index (χ1) is 14.0. The molecule has 1 amide bonds. The van der Waals surface area contributed by atoms with Crippen molar-refractivity contribution in [2.45, 2.75) is 12.2 Å². The van der Waals surface area contributed by atoms with Gasteiger partial charge in [-0.2, -0.15) is 0 Å². The maximum absolute atomic E-state index is 13.0. The van der Waals surface area contributed by atoms with Gasteiger partial charge in [-0.3, -0.25) is 19.9 Å². The zero-order valence-corrected chi connectivity index (χ0v) is 16.6. The zero-order chi connectivity index (χ0) is 20.5. The number of hydrazone groups is 1. The van der Waals surface area contributed by atoms with Crippen molar-refractivity contribution in [2.75, 3.05) is 11.1 Å². The molecule has 0 bridgehead atoms. The summed E-state index contributed by atoms with van der Waals surface area (Å²) in [4.78, 5) is 23.8. The number of nitrogens with one attached hydrogen (secondary N) is 2. The van der Waals surface area contributed by atoms with E-state index in [0.29, 0.717) is 21.5 Å². The van der Waals surface area contributed by atoms with Crippen LogP contribution in [0.25, 0.3) is 0 Å². The van der Waals surface area contributed by atoms with Crippen LogP contribution in [0.15, 0.2) is 60.2 Å². The topological polar surface area (TPSA) is 99.9 Å². The lowest BCUT2D eigenvalue weighted by molar-refractivity contribution is -0.384. The fourth-order valence-electron chi connectivity index (χ4n) is 3.33. The van der Waals surface area contributed by atoms with Gasteiger partial charge in [0.25, 0.3) is 11.6 Å². The first-order valence-corrected chi connectivity index (χ1v) is 10.1. The van der Waals surface area contributed by atoms with Gasteiger partial charge in [-0.05, 0) is 12.1 Å². The molecule has 148 valence electrons. The molecule has 0 aromatic heterocycles. The highest BCUT2D eigenvalue weighted by atomic mass is 35.5. The number of benzene rings is 2. The summed E-state index contributed by atoms with van der Waals surface area (Å²) in [6.45, 7) is 3.68. The van der Waals surface area contributed by atoms with E-state index in [1.54, 1.807) is 11.1 Å². The summed E-state index contributed by atoms with van der Waals surface area (Å²) in [6, 6.07) is 10.9. The molecule has 0 spiro atoms. The molecule has 0 radical (unpaired) electrons. The third kappa shape index (κ3) is 3.54. The van der Waals surface area contributed by atoms with E-state index in [9.17, 15) is 14.9 Å². The molecule has 2 aliphatic rings. The van der Waals surface area contributed by atoms with Gasteiger partial charge in [-0.25, -0.2) is 0 Å². The van der Waals surface area contributed by atoms with Crippen LogP contribution in [-0.4, -0.2) is 26.8 Å². The molecule has 2 heterocycles. The minimum atomic E-state index is -0.694. The summed E-state index contributed by atoms with van der Waals surface area (Å²) < 4.78 is 0. The van der Waals surface area contributed by atoms with Crippen molar-refractivity contribution in [1.82, 2.24) is 10.3 Å². The first kappa shape index (κ1) is 19.3. The Morgan fingerprint density at radius 3 is 2.86 bits per heavy atom. The smallest absolute Gasteiger partial charge is 0.269 e. The fourth-order valence-corrected chi connectivity index (χ4v) is 4.15. The third-order valence-electron chi connectivity index (χ3n) is 4.58. The second-order valence-corrected chi connectivity index (χ2v) is 7.79. The van der Waals surface area contributed by atoms with E-state index in [0.717, 1.165) is 11.3 Å². The molecule has 0 fully saturated rings.